The first kappa shape index (κ1) is 19.0. The fourth-order valence-electron chi connectivity index (χ4n) is 2.90. The lowest BCUT2D eigenvalue weighted by atomic mass is 10.0. The highest BCUT2D eigenvalue weighted by atomic mass is 32.2. The Labute approximate surface area is 175 Å². The molecule has 0 atom stereocenters. The minimum Gasteiger partial charge on any atom is -0.369 e. The quantitative estimate of drug-likeness (QED) is 0.458. The van der Waals surface area contributed by atoms with Gasteiger partial charge in [0.25, 0.3) is 0 Å². The summed E-state index contributed by atoms with van der Waals surface area (Å²) in [6.45, 7) is 6.14. The van der Waals surface area contributed by atoms with Gasteiger partial charge in [-0.1, -0.05) is 18.2 Å². The number of thiazole rings is 1. The van der Waals surface area contributed by atoms with E-state index in [4.69, 9.17) is 5.73 Å². The van der Waals surface area contributed by atoms with E-state index >= 15 is 0 Å². The van der Waals surface area contributed by atoms with Crippen molar-refractivity contribution in [3.05, 3.63) is 51.6 Å². The van der Waals surface area contributed by atoms with Crippen LogP contribution in [0.2, 0.25) is 0 Å². The Morgan fingerprint density at radius 2 is 2.00 bits per heavy atom. The van der Waals surface area contributed by atoms with Gasteiger partial charge >= 0.3 is 0 Å². The van der Waals surface area contributed by atoms with Crippen molar-refractivity contribution in [1.29, 1.82) is 0 Å². The monoisotopic (exact) mass is 426 g/mol. The van der Waals surface area contributed by atoms with Crippen LogP contribution in [-0.4, -0.2) is 20.9 Å². The van der Waals surface area contributed by atoms with Crippen LogP contribution in [0, 0.1) is 20.8 Å². The number of primary amides is 1. The van der Waals surface area contributed by atoms with Crippen LogP contribution in [0.25, 0.3) is 21.3 Å². The van der Waals surface area contributed by atoms with Crippen LogP contribution in [0.3, 0.4) is 0 Å². The highest BCUT2D eigenvalue weighted by Crippen LogP contribution is 2.41. The van der Waals surface area contributed by atoms with Gasteiger partial charge in [0, 0.05) is 15.8 Å². The maximum Gasteiger partial charge on any atom is 0.222 e. The van der Waals surface area contributed by atoms with Gasteiger partial charge in [-0.3, -0.25) is 4.79 Å². The lowest BCUT2D eigenvalue weighted by Gasteiger charge is -2.06. The summed E-state index contributed by atoms with van der Waals surface area (Å²) < 4.78 is 0.853. The molecule has 5 nitrogen and oxygen atoms in total. The predicted molar refractivity (Wildman–Crippen MR) is 116 cm³/mol. The minimum absolute atomic E-state index is 0.218. The number of rotatable bonds is 5. The smallest absolute Gasteiger partial charge is 0.222 e. The molecule has 4 rings (SSSR count). The van der Waals surface area contributed by atoms with E-state index in [1.54, 1.807) is 17.7 Å². The van der Waals surface area contributed by atoms with E-state index in [0.29, 0.717) is 0 Å². The first-order valence-electron chi connectivity index (χ1n) is 8.64. The number of aromatic nitrogens is 3. The maximum absolute atomic E-state index is 11.3. The second-order valence-corrected chi connectivity index (χ2v) is 9.72. The van der Waals surface area contributed by atoms with Gasteiger partial charge < -0.3 is 5.73 Å². The third kappa shape index (κ3) is 3.67. The van der Waals surface area contributed by atoms with E-state index in [2.05, 4.69) is 52.4 Å². The van der Waals surface area contributed by atoms with Gasteiger partial charge in [0.2, 0.25) is 5.91 Å². The zero-order chi connectivity index (χ0) is 19.8. The summed E-state index contributed by atoms with van der Waals surface area (Å²) in [5, 5.41) is 4.06. The van der Waals surface area contributed by atoms with Gasteiger partial charge in [-0.05, 0) is 49.2 Å². The third-order valence-corrected chi connectivity index (χ3v) is 7.65. The van der Waals surface area contributed by atoms with Crippen molar-refractivity contribution >= 4 is 50.6 Å². The number of hydrogen-bond donors (Lipinski definition) is 1. The summed E-state index contributed by atoms with van der Waals surface area (Å²) in [6, 6.07) is 6.49. The van der Waals surface area contributed by atoms with Crippen molar-refractivity contribution in [2.24, 2.45) is 5.73 Å². The van der Waals surface area contributed by atoms with Gasteiger partial charge in [-0.15, -0.1) is 22.7 Å². The van der Waals surface area contributed by atoms with Crippen LogP contribution in [0.15, 0.2) is 39.3 Å². The van der Waals surface area contributed by atoms with Gasteiger partial charge in [-0.25, -0.2) is 15.0 Å². The molecule has 0 saturated heterocycles. The molecule has 0 fully saturated rings. The third-order valence-electron chi connectivity index (χ3n) is 4.55. The lowest BCUT2D eigenvalue weighted by molar-refractivity contribution is -0.117. The molecule has 0 saturated carbocycles. The lowest BCUT2D eigenvalue weighted by Crippen LogP contribution is -2.13. The summed E-state index contributed by atoms with van der Waals surface area (Å²) in [5.74, 6) is -0.345. The molecule has 1 aromatic carbocycles. The highest BCUT2D eigenvalue weighted by molar-refractivity contribution is 8.01. The van der Waals surface area contributed by atoms with Crippen LogP contribution in [0.4, 0.5) is 0 Å². The molecule has 8 heteroatoms. The Bertz CT molecular complexity index is 1200. The number of amides is 1. The van der Waals surface area contributed by atoms with Crippen molar-refractivity contribution < 1.29 is 4.79 Å². The van der Waals surface area contributed by atoms with Crippen molar-refractivity contribution in [2.45, 2.75) is 36.6 Å². The van der Waals surface area contributed by atoms with Gasteiger partial charge in [0.15, 0.2) is 4.34 Å². The van der Waals surface area contributed by atoms with Crippen molar-refractivity contribution in [2.75, 3.05) is 0 Å². The predicted octanol–water partition coefficient (Wildman–Crippen LogP) is 4.92. The fourth-order valence-corrected chi connectivity index (χ4v) is 6.14. The zero-order valence-corrected chi connectivity index (χ0v) is 18.1. The summed E-state index contributed by atoms with van der Waals surface area (Å²) in [5.41, 5.74) is 11.0. The summed E-state index contributed by atoms with van der Waals surface area (Å²) >= 11 is 4.62. The van der Waals surface area contributed by atoms with E-state index in [0.717, 1.165) is 41.3 Å². The molecule has 0 aliphatic carbocycles. The molecule has 0 spiro atoms. The van der Waals surface area contributed by atoms with E-state index in [9.17, 15) is 4.79 Å². The van der Waals surface area contributed by atoms with Gasteiger partial charge in [0.05, 0.1) is 17.5 Å². The second-order valence-electron chi connectivity index (χ2n) is 6.54. The Balaban J connectivity index is 1.77. The fraction of sp³-hybridized carbons (Fsp3) is 0.200. The standard InChI is InChI=1S/C20H18N4OS3/c1-10-4-5-13(6-11(10)2)14-8-26-18-17(14)19(23-9-22-18)28-20-24-12(3)15(27-20)7-16(21)25/h4-6,8-9H,7H2,1-3H3,(H2,21,25). The van der Waals surface area contributed by atoms with E-state index in [1.807, 2.05) is 6.92 Å². The molecule has 28 heavy (non-hydrogen) atoms. The van der Waals surface area contributed by atoms with Crippen LogP contribution >= 0.6 is 34.4 Å². The SMILES string of the molecule is Cc1ccc(-c2csc3ncnc(Sc4nc(C)c(CC(N)=O)s4)c23)cc1C. The van der Waals surface area contributed by atoms with E-state index in [-0.39, 0.29) is 12.3 Å². The molecule has 0 aliphatic rings. The second kappa shape index (κ2) is 7.62. The number of benzene rings is 1. The van der Waals surface area contributed by atoms with Crippen LogP contribution in [0.1, 0.15) is 21.7 Å². The largest absolute Gasteiger partial charge is 0.369 e. The first-order chi connectivity index (χ1) is 13.4. The molecule has 3 heterocycles. The highest BCUT2D eigenvalue weighted by Gasteiger charge is 2.17. The molecule has 2 N–H and O–H groups in total. The van der Waals surface area contributed by atoms with Crippen molar-refractivity contribution in [3.63, 3.8) is 0 Å². The maximum atomic E-state index is 11.3. The first-order valence-corrected chi connectivity index (χ1v) is 11.2. The normalized spacial score (nSPS) is 11.2. The number of aryl methyl sites for hydroxylation is 3. The van der Waals surface area contributed by atoms with Gasteiger partial charge in [0.1, 0.15) is 16.2 Å². The number of carbonyl (C=O) groups is 1. The van der Waals surface area contributed by atoms with Crippen molar-refractivity contribution in [3.8, 4) is 11.1 Å². The number of thiophene rings is 1. The van der Waals surface area contributed by atoms with Crippen molar-refractivity contribution in [1.82, 2.24) is 15.0 Å². The minimum atomic E-state index is -0.345. The van der Waals surface area contributed by atoms with E-state index < -0.39 is 0 Å². The average molecular weight is 427 g/mol. The molecule has 142 valence electrons. The topological polar surface area (TPSA) is 81.8 Å². The number of fused-ring (bicyclic) bond motifs is 1. The zero-order valence-electron chi connectivity index (χ0n) is 15.6. The van der Waals surface area contributed by atoms with Crippen LogP contribution in [0.5, 0.6) is 0 Å². The molecule has 0 unspecified atom stereocenters. The summed E-state index contributed by atoms with van der Waals surface area (Å²) in [6.07, 6.45) is 1.81. The Morgan fingerprint density at radius 1 is 1.18 bits per heavy atom. The molecule has 3 aromatic heterocycles. The van der Waals surface area contributed by atoms with Crippen LogP contribution < -0.4 is 5.73 Å². The Kier molecular flexibility index (Phi) is 5.18. The van der Waals surface area contributed by atoms with E-state index in [1.165, 1.54) is 34.2 Å². The Hall–Kier alpha value is -2.29. The summed E-state index contributed by atoms with van der Waals surface area (Å²) in [4.78, 5) is 26.7. The molecule has 4 aromatic rings. The molecule has 0 radical (unpaired) electrons. The number of carbonyl (C=O) groups excluding carboxylic acids is 1. The summed E-state index contributed by atoms with van der Waals surface area (Å²) in [7, 11) is 0. The Morgan fingerprint density at radius 3 is 2.75 bits per heavy atom. The van der Waals surface area contributed by atoms with Crippen LogP contribution in [-0.2, 0) is 11.2 Å². The molecule has 0 bridgehead atoms. The number of hydrogen-bond acceptors (Lipinski definition) is 7. The van der Waals surface area contributed by atoms with Gasteiger partial charge in [-0.2, -0.15) is 0 Å². The average Bonchev–Trinajstić information content (AvgIpc) is 3.21. The molecular formula is C20H18N4OS3. The number of nitrogens with zero attached hydrogens (tertiary/aromatic N) is 3. The molecule has 1 amide bonds. The molecular weight excluding hydrogens is 408 g/mol. The molecule has 0 aliphatic heterocycles. The number of nitrogens with two attached hydrogens (primary N) is 1.